The number of rotatable bonds is 6. The lowest BCUT2D eigenvalue weighted by Gasteiger charge is -2.09. The molecular weight excluding hydrogens is 297 g/mol. The van der Waals surface area contributed by atoms with E-state index in [2.05, 4.69) is 10.3 Å². The number of halogens is 4. The second-order valence-electron chi connectivity index (χ2n) is 4.44. The zero-order valence-electron chi connectivity index (χ0n) is 10.1. The molecule has 1 aromatic heterocycles. The standard InChI is InChI=1S/C12H14ClF3N2S/c13-10-6-8(12(14,15)16)7-18-11(10)19-5-1-4-17-9-2-3-9/h6-7,9,17H,1-5H2. The third-order valence-corrected chi connectivity index (χ3v) is 4.20. The van der Waals surface area contributed by atoms with Gasteiger partial charge < -0.3 is 5.32 Å². The Hall–Kier alpha value is -0.460. The number of hydrogen-bond donors (Lipinski definition) is 1. The van der Waals surface area contributed by atoms with Gasteiger partial charge in [0.15, 0.2) is 0 Å². The smallest absolute Gasteiger partial charge is 0.314 e. The first-order valence-corrected chi connectivity index (χ1v) is 7.42. The van der Waals surface area contributed by atoms with E-state index in [1.807, 2.05) is 0 Å². The van der Waals surface area contributed by atoms with Crippen molar-refractivity contribution < 1.29 is 13.2 Å². The first kappa shape index (κ1) is 14.9. The summed E-state index contributed by atoms with van der Waals surface area (Å²) < 4.78 is 37.3. The summed E-state index contributed by atoms with van der Waals surface area (Å²) in [5.74, 6) is 0.789. The summed E-state index contributed by atoms with van der Waals surface area (Å²) in [6.07, 6.45) is -0.121. The molecule has 0 aliphatic heterocycles. The summed E-state index contributed by atoms with van der Waals surface area (Å²) in [6.45, 7) is 0.927. The Kier molecular flexibility index (Phi) is 4.97. The summed E-state index contributed by atoms with van der Waals surface area (Å²) in [7, 11) is 0. The highest BCUT2D eigenvalue weighted by atomic mass is 35.5. The average Bonchev–Trinajstić information content (AvgIpc) is 3.13. The van der Waals surface area contributed by atoms with Crippen LogP contribution in [0.3, 0.4) is 0 Å². The second-order valence-corrected chi connectivity index (χ2v) is 5.93. The minimum atomic E-state index is -4.39. The van der Waals surface area contributed by atoms with Gasteiger partial charge in [-0.1, -0.05) is 11.6 Å². The Labute approximate surface area is 119 Å². The molecule has 0 amide bonds. The molecule has 106 valence electrons. The summed E-state index contributed by atoms with van der Waals surface area (Å²) in [6, 6.07) is 1.61. The number of hydrogen-bond acceptors (Lipinski definition) is 3. The SMILES string of the molecule is FC(F)(F)c1cnc(SCCCNC2CC2)c(Cl)c1. The summed E-state index contributed by atoms with van der Waals surface area (Å²) in [5.41, 5.74) is -0.808. The molecule has 0 atom stereocenters. The van der Waals surface area contributed by atoms with E-state index in [1.54, 1.807) is 0 Å². The van der Waals surface area contributed by atoms with E-state index >= 15 is 0 Å². The normalized spacial score (nSPS) is 15.8. The predicted octanol–water partition coefficient (Wildman–Crippen LogP) is 3.99. The maximum atomic E-state index is 12.4. The van der Waals surface area contributed by atoms with Crippen LogP contribution in [-0.2, 0) is 6.18 Å². The maximum absolute atomic E-state index is 12.4. The summed E-state index contributed by atoms with van der Waals surface area (Å²) >= 11 is 7.20. The van der Waals surface area contributed by atoms with Crippen molar-refractivity contribution in [2.45, 2.75) is 36.5 Å². The lowest BCUT2D eigenvalue weighted by molar-refractivity contribution is -0.137. The highest BCUT2D eigenvalue weighted by molar-refractivity contribution is 7.99. The topological polar surface area (TPSA) is 24.9 Å². The van der Waals surface area contributed by atoms with Crippen molar-refractivity contribution in [2.24, 2.45) is 0 Å². The van der Waals surface area contributed by atoms with Crippen LogP contribution in [-0.4, -0.2) is 23.3 Å². The molecule has 7 heteroatoms. The van der Waals surface area contributed by atoms with Crippen LogP contribution in [0, 0.1) is 0 Å². The molecule has 2 rings (SSSR count). The predicted molar refractivity (Wildman–Crippen MR) is 70.6 cm³/mol. The number of pyridine rings is 1. The monoisotopic (exact) mass is 310 g/mol. The van der Waals surface area contributed by atoms with Crippen molar-refractivity contribution in [3.05, 3.63) is 22.8 Å². The van der Waals surface area contributed by atoms with Gasteiger partial charge in [0.25, 0.3) is 0 Å². The Morgan fingerprint density at radius 2 is 2.16 bits per heavy atom. The fourth-order valence-electron chi connectivity index (χ4n) is 1.52. The molecule has 19 heavy (non-hydrogen) atoms. The van der Waals surface area contributed by atoms with Crippen LogP contribution in [0.5, 0.6) is 0 Å². The maximum Gasteiger partial charge on any atom is 0.417 e. The molecule has 0 bridgehead atoms. The summed E-state index contributed by atoms with van der Waals surface area (Å²) in [4.78, 5) is 3.78. The van der Waals surface area contributed by atoms with Crippen LogP contribution in [0.4, 0.5) is 13.2 Å². The van der Waals surface area contributed by atoms with Crippen LogP contribution >= 0.6 is 23.4 Å². The highest BCUT2D eigenvalue weighted by Gasteiger charge is 2.31. The van der Waals surface area contributed by atoms with Crippen molar-refractivity contribution in [1.82, 2.24) is 10.3 Å². The van der Waals surface area contributed by atoms with Gasteiger partial charge in [0.05, 0.1) is 10.6 Å². The molecular formula is C12H14ClF3N2S. The van der Waals surface area contributed by atoms with Crippen molar-refractivity contribution in [1.29, 1.82) is 0 Å². The van der Waals surface area contributed by atoms with E-state index in [0.29, 0.717) is 11.1 Å². The Bertz CT molecular complexity index is 435. The minimum absolute atomic E-state index is 0.0648. The Morgan fingerprint density at radius 1 is 1.42 bits per heavy atom. The van der Waals surface area contributed by atoms with E-state index in [-0.39, 0.29) is 5.02 Å². The zero-order valence-corrected chi connectivity index (χ0v) is 11.7. The van der Waals surface area contributed by atoms with Crippen LogP contribution in [0.1, 0.15) is 24.8 Å². The molecule has 1 fully saturated rings. The van der Waals surface area contributed by atoms with Crippen molar-refractivity contribution in [3.63, 3.8) is 0 Å². The Balaban J connectivity index is 1.79. The quantitative estimate of drug-likeness (QED) is 0.635. The van der Waals surface area contributed by atoms with Crippen LogP contribution in [0.25, 0.3) is 0 Å². The van der Waals surface area contributed by atoms with E-state index in [1.165, 1.54) is 24.6 Å². The molecule has 1 saturated carbocycles. The van der Waals surface area contributed by atoms with Crippen molar-refractivity contribution in [2.75, 3.05) is 12.3 Å². The van der Waals surface area contributed by atoms with E-state index < -0.39 is 11.7 Å². The third kappa shape index (κ3) is 4.85. The zero-order chi connectivity index (χ0) is 13.9. The molecule has 1 aliphatic carbocycles. The molecule has 1 aliphatic rings. The van der Waals surface area contributed by atoms with Crippen molar-refractivity contribution in [3.8, 4) is 0 Å². The molecule has 2 nitrogen and oxygen atoms in total. The number of thioether (sulfide) groups is 1. The van der Waals surface area contributed by atoms with Gasteiger partial charge in [-0.2, -0.15) is 13.2 Å². The molecule has 1 aromatic rings. The first-order valence-electron chi connectivity index (χ1n) is 6.06. The van der Waals surface area contributed by atoms with Gasteiger partial charge in [-0.05, 0) is 31.9 Å². The largest absolute Gasteiger partial charge is 0.417 e. The summed E-state index contributed by atoms with van der Waals surface area (Å²) in [5, 5.41) is 3.90. The average molecular weight is 311 g/mol. The van der Waals surface area contributed by atoms with Gasteiger partial charge in [-0.15, -0.1) is 11.8 Å². The molecule has 0 unspecified atom stereocenters. The van der Waals surface area contributed by atoms with Crippen LogP contribution in [0.2, 0.25) is 5.02 Å². The van der Waals surface area contributed by atoms with Gasteiger partial charge in [0.2, 0.25) is 0 Å². The molecule has 0 saturated heterocycles. The molecule has 0 spiro atoms. The number of nitrogens with one attached hydrogen (secondary N) is 1. The number of alkyl halides is 3. The molecule has 1 N–H and O–H groups in total. The Morgan fingerprint density at radius 3 is 2.74 bits per heavy atom. The van der Waals surface area contributed by atoms with E-state index in [4.69, 9.17) is 11.6 Å². The fraction of sp³-hybridized carbons (Fsp3) is 0.583. The highest BCUT2D eigenvalue weighted by Crippen LogP contribution is 2.33. The lowest BCUT2D eigenvalue weighted by atomic mass is 10.3. The minimum Gasteiger partial charge on any atom is -0.314 e. The molecule has 0 aromatic carbocycles. The number of nitrogens with zero attached hydrogens (tertiary/aromatic N) is 1. The molecule has 1 heterocycles. The van der Waals surface area contributed by atoms with Crippen molar-refractivity contribution >= 4 is 23.4 Å². The van der Waals surface area contributed by atoms with Gasteiger partial charge >= 0.3 is 6.18 Å². The second kappa shape index (κ2) is 6.33. The first-order chi connectivity index (χ1) is 8.97. The van der Waals surface area contributed by atoms with E-state index in [0.717, 1.165) is 31.0 Å². The van der Waals surface area contributed by atoms with Crippen LogP contribution < -0.4 is 5.32 Å². The van der Waals surface area contributed by atoms with Gasteiger partial charge in [0.1, 0.15) is 5.03 Å². The van der Waals surface area contributed by atoms with E-state index in [9.17, 15) is 13.2 Å². The third-order valence-electron chi connectivity index (χ3n) is 2.71. The lowest BCUT2D eigenvalue weighted by Crippen LogP contribution is -2.17. The van der Waals surface area contributed by atoms with Gasteiger partial charge in [-0.3, -0.25) is 0 Å². The number of aromatic nitrogens is 1. The van der Waals surface area contributed by atoms with Crippen LogP contribution in [0.15, 0.2) is 17.3 Å². The van der Waals surface area contributed by atoms with Gasteiger partial charge in [0, 0.05) is 18.0 Å². The van der Waals surface area contributed by atoms with Gasteiger partial charge in [-0.25, -0.2) is 4.98 Å². The fourth-order valence-corrected chi connectivity index (χ4v) is 2.66. The molecule has 0 radical (unpaired) electrons.